The lowest BCUT2D eigenvalue weighted by Gasteiger charge is -2.31. The summed E-state index contributed by atoms with van der Waals surface area (Å²) in [6.07, 6.45) is -0.237. The van der Waals surface area contributed by atoms with Crippen LogP contribution in [0.1, 0.15) is 25.5 Å². The number of likely N-dealkylation sites (N-methyl/N-ethyl adjacent to an activating group) is 1. The van der Waals surface area contributed by atoms with E-state index in [-0.39, 0.29) is 29.9 Å². The molecule has 6 heteroatoms. The van der Waals surface area contributed by atoms with Gasteiger partial charge in [-0.15, -0.1) is 0 Å². The number of halogens is 1. The molecule has 1 aliphatic heterocycles. The number of fused-ring (bicyclic) bond motifs is 1. The molecular formula is C21H25FN2O3. The molecule has 0 unspecified atom stereocenters. The Labute approximate surface area is 159 Å². The standard InChI is InChI=1S/C21H25FN2O3/c1-14(2)20(15-8-10-16(22)11-9-15)23-21(25)24(3)12-17-13-26-18-6-4-5-7-19(18)27-17/h4-11,14,17,20H,12-13H2,1-3H3,(H,23,25)/t17-,20+/m0/s1. The van der Waals surface area contributed by atoms with Gasteiger partial charge in [-0.1, -0.05) is 38.1 Å². The number of rotatable bonds is 5. The first-order valence-corrected chi connectivity index (χ1v) is 9.09. The molecule has 1 heterocycles. The third-order valence-electron chi connectivity index (χ3n) is 4.57. The number of ether oxygens (including phenoxy) is 2. The van der Waals surface area contributed by atoms with Gasteiger partial charge in [0.2, 0.25) is 0 Å². The van der Waals surface area contributed by atoms with Crippen LogP contribution in [-0.4, -0.2) is 37.2 Å². The lowest BCUT2D eigenvalue weighted by Crippen LogP contribution is -2.47. The zero-order valence-corrected chi connectivity index (χ0v) is 15.8. The summed E-state index contributed by atoms with van der Waals surface area (Å²) in [5.41, 5.74) is 0.874. The molecule has 5 nitrogen and oxygen atoms in total. The lowest BCUT2D eigenvalue weighted by molar-refractivity contribution is 0.0710. The first-order chi connectivity index (χ1) is 12.9. The Morgan fingerprint density at radius 1 is 1.19 bits per heavy atom. The van der Waals surface area contributed by atoms with Crippen molar-refractivity contribution in [3.05, 3.63) is 59.9 Å². The highest BCUT2D eigenvalue weighted by molar-refractivity contribution is 5.74. The summed E-state index contributed by atoms with van der Waals surface area (Å²) in [6, 6.07) is 13.3. The lowest BCUT2D eigenvalue weighted by atomic mass is 9.96. The molecular weight excluding hydrogens is 347 g/mol. The van der Waals surface area contributed by atoms with E-state index in [1.165, 1.54) is 12.1 Å². The van der Waals surface area contributed by atoms with Gasteiger partial charge in [-0.05, 0) is 35.7 Å². The van der Waals surface area contributed by atoms with Crippen molar-refractivity contribution >= 4 is 6.03 Å². The molecule has 3 rings (SSSR count). The van der Waals surface area contributed by atoms with Crippen molar-refractivity contribution in [3.63, 3.8) is 0 Å². The number of nitrogens with zero attached hydrogens (tertiary/aromatic N) is 1. The number of para-hydroxylation sites is 2. The minimum atomic E-state index is -0.292. The van der Waals surface area contributed by atoms with Crippen molar-refractivity contribution in [2.45, 2.75) is 26.0 Å². The Balaban J connectivity index is 1.60. The van der Waals surface area contributed by atoms with Crippen molar-refractivity contribution in [1.82, 2.24) is 10.2 Å². The largest absolute Gasteiger partial charge is 0.486 e. The molecule has 27 heavy (non-hydrogen) atoms. The Bertz CT molecular complexity index is 779. The van der Waals surface area contributed by atoms with Gasteiger partial charge in [0.15, 0.2) is 17.6 Å². The van der Waals surface area contributed by atoms with Crippen LogP contribution in [0.3, 0.4) is 0 Å². The van der Waals surface area contributed by atoms with Gasteiger partial charge in [-0.2, -0.15) is 0 Å². The van der Waals surface area contributed by atoms with Crippen molar-refractivity contribution in [2.24, 2.45) is 5.92 Å². The van der Waals surface area contributed by atoms with E-state index in [9.17, 15) is 9.18 Å². The molecule has 0 bridgehead atoms. The van der Waals surface area contributed by atoms with Crippen LogP contribution < -0.4 is 14.8 Å². The van der Waals surface area contributed by atoms with E-state index in [1.54, 1.807) is 24.1 Å². The number of amides is 2. The summed E-state index contributed by atoms with van der Waals surface area (Å²) in [5.74, 6) is 1.28. The smallest absolute Gasteiger partial charge is 0.317 e. The highest BCUT2D eigenvalue weighted by Gasteiger charge is 2.25. The Hall–Kier alpha value is -2.76. The maximum atomic E-state index is 13.2. The zero-order chi connectivity index (χ0) is 19.4. The molecule has 0 radical (unpaired) electrons. The molecule has 0 saturated carbocycles. The van der Waals surface area contributed by atoms with Crippen molar-refractivity contribution in [2.75, 3.05) is 20.2 Å². The molecule has 2 amide bonds. The molecule has 2 aromatic carbocycles. The van der Waals surface area contributed by atoms with E-state index in [4.69, 9.17) is 9.47 Å². The molecule has 0 saturated heterocycles. The fraction of sp³-hybridized carbons (Fsp3) is 0.381. The second-order valence-corrected chi connectivity index (χ2v) is 7.10. The summed E-state index contributed by atoms with van der Waals surface area (Å²) >= 11 is 0. The average Bonchev–Trinajstić information content (AvgIpc) is 2.66. The number of carbonyl (C=O) groups is 1. The van der Waals surface area contributed by atoms with E-state index in [1.807, 2.05) is 38.1 Å². The number of nitrogens with one attached hydrogen (secondary N) is 1. The van der Waals surface area contributed by atoms with Crippen LogP contribution in [0.15, 0.2) is 48.5 Å². The zero-order valence-electron chi connectivity index (χ0n) is 15.8. The number of hydrogen-bond donors (Lipinski definition) is 1. The number of benzene rings is 2. The fourth-order valence-corrected chi connectivity index (χ4v) is 3.09. The fourth-order valence-electron chi connectivity index (χ4n) is 3.09. The third-order valence-corrected chi connectivity index (χ3v) is 4.57. The first kappa shape index (κ1) is 19.0. The van der Waals surface area contributed by atoms with Gasteiger partial charge in [0, 0.05) is 7.05 Å². The summed E-state index contributed by atoms with van der Waals surface area (Å²) in [6.45, 7) is 4.82. The normalized spacial score (nSPS) is 16.7. The highest BCUT2D eigenvalue weighted by atomic mass is 19.1. The SMILES string of the molecule is CC(C)[C@@H](NC(=O)N(C)C[C@H]1COc2ccccc2O1)c1ccc(F)cc1. The van der Waals surface area contributed by atoms with Crippen LogP contribution in [-0.2, 0) is 0 Å². The second-order valence-electron chi connectivity index (χ2n) is 7.10. The van der Waals surface area contributed by atoms with Gasteiger partial charge < -0.3 is 19.7 Å². The van der Waals surface area contributed by atoms with Gasteiger partial charge in [-0.3, -0.25) is 0 Å². The quantitative estimate of drug-likeness (QED) is 0.863. The van der Waals surface area contributed by atoms with E-state index in [2.05, 4.69) is 5.32 Å². The third kappa shape index (κ3) is 4.70. The number of carbonyl (C=O) groups excluding carboxylic acids is 1. The predicted octanol–water partition coefficient (Wildman–Crippen LogP) is 4.00. The Morgan fingerprint density at radius 3 is 2.52 bits per heavy atom. The van der Waals surface area contributed by atoms with Gasteiger partial charge in [0.25, 0.3) is 0 Å². The van der Waals surface area contributed by atoms with E-state index in [0.29, 0.717) is 18.9 Å². The maximum Gasteiger partial charge on any atom is 0.317 e. The second kappa shape index (κ2) is 8.29. The van der Waals surface area contributed by atoms with E-state index in [0.717, 1.165) is 11.3 Å². The first-order valence-electron chi connectivity index (χ1n) is 9.09. The van der Waals surface area contributed by atoms with Gasteiger partial charge in [0.05, 0.1) is 12.6 Å². The van der Waals surface area contributed by atoms with Crippen molar-refractivity contribution in [1.29, 1.82) is 0 Å². The van der Waals surface area contributed by atoms with Gasteiger partial charge in [0.1, 0.15) is 12.4 Å². The van der Waals surface area contributed by atoms with Crippen molar-refractivity contribution in [3.8, 4) is 11.5 Å². The summed E-state index contributed by atoms with van der Waals surface area (Å²) in [4.78, 5) is 14.2. The van der Waals surface area contributed by atoms with E-state index < -0.39 is 0 Å². The monoisotopic (exact) mass is 372 g/mol. The molecule has 0 aromatic heterocycles. The molecule has 1 aliphatic rings. The topological polar surface area (TPSA) is 50.8 Å². The Morgan fingerprint density at radius 2 is 1.85 bits per heavy atom. The van der Waals surface area contributed by atoms with Crippen LogP contribution in [0.2, 0.25) is 0 Å². The summed E-state index contributed by atoms with van der Waals surface area (Å²) in [5, 5.41) is 3.03. The van der Waals surface area contributed by atoms with Crippen molar-refractivity contribution < 1.29 is 18.7 Å². The molecule has 0 spiro atoms. The van der Waals surface area contributed by atoms with Crippen LogP contribution in [0.4, 0.5) is 9.18 Å². The van der Waals surface area contributed by atoms with Crippen LogP contribution in [0.5, 0.6) is 11.5 Å². The predicted molar refractivity (Wildman–Crippen MR) is 101 cm³/mol. The van der Waals surface area contributed by atoms with Gasteiger partial charge in [-0.25, -0.2) is 9.18 Å². The molecule has 2 aromatic rings. The number of hydrogen-bond acceptors (Lipinski definition) is 3. The maximum absolute atomic E-state index is 13.2. The molecule has 0 aliphatic carbocycles. The molecule has 2 atom stereocenters. The van der Waals surface area contributed by atoms with Crippen LogP contribution in [0.25, 0.3) is 0 Å². The Kier molecular flexibility index (Phi) is 5.84. The molecule has 1 N–H and O–H groups in total. The van der Waals surface area contributed by atoms with E-state index >= 15 is 0 Å². The number of urea groups is 1. The molecule has 0 fully saturated rings. The highest BCUT2D eigenvalue weighted by Crippen LogP contribution is 2.31. The summed E-state index contributed by atoms with van der Waals surface area (Å²) < 4.78 is 24.8. The summed E-state index contributed by atoms with van der Waals surface area (Å²) in [7, 11) is 1.72. The average molecular weight is 372 g/mol. The van der Waals surface area contributed by atoms with Crippen LogP contribution in [0, 0.1) is 11.7 Å². The molecule has 144 valence electrons. The minimum absolute atomic E-state index is 0.161. The van der Waals surface area contributed by atoms with Gasteiger partial charge >= 0.3 is 6.03 Å². The van der Waals surface area contributed by atoms with Crippen LogP contribution >= 0.6 is 0 Å². The minimum Gasteiger partial charge on any atom is -0.486 e.